The molecule has 1 aromatic rings. The molecule has 1 fully saturated rings. The maximum absolute atomic E-state index is 9.86. The summed E-state index contributed by atoms with van der Waals surface area (Å²) in [7, 11) is 0. The third kappa shape index (κ3) is 2.31. The Bertz CT molecular complexity index is 611. The average Bonchev–Trinajstić information content (AvgIpc) is 3.01. The van der Waals surface area contributed by atoms with Gasteiger partial charge in [-0.05, 0) is 17.7 Å². The summed E-state index contributed by atoms with van der Waals surface area (Å²) in [5.41, 5.74) is -0.00595. The Morgan fingerprint density at radius 2 is 2.00 bits per heavy atom. The Balaban J connectivity index is 2.02. The molecule has 2 aliphatic heterocycles. The molecule has 3 rings (SSSR count). The van der Waals surface area contributed by atoms with Crippen molar-refractivity contribution in [1.82, 2.24) is 4.90 Å². The van der Waals surface area contributed by atoms with Gasteiger partial charge in [-0.3, -0.25) is 4.90 Å². The minimum Gasteiger partial charge on any atom is -0.454 e. The molecule has 0 amide bonds. The van der Waals surface area contributed by atoms with E-state index in [9.17, 15) is 5.26 Å². The second-order valence-corrected chi connectivity index (χ2v) is 5.02. The van der Waals surface area contributed by atoms with E-state index in [1.54, 1.807) is 0 Å². The van der Waals surface area contributed by atoms with E-state index < -0.39 is 5.54 Å². The lowest BCUT2D eigenvalue weighted by Crippen LogP contribution is -2.50. The van der Waals surface area contributed by atoms with E-state index in [1.165, 1.54) is 0 Å². The first-order chi connectivity index (χ1) is 10.3. The first kappa shape index (κ1) is 13.8. The predicted octanol–water partition coefficient (Wildman–Crippen LogP) is 1.49. The molecule has 0 spiro atoms. The number of terminal acetylenes is 1. The summed E-state index contributed by atoms with van der Waals surface area (Å²) < 4.78 is 16.1. The molecule has 0 bridgehead atoms. The van der Waals surface area contributed by atoms with Crippen molar-refractivity contribution in [1.29, 1.82) is 5.26 Å². The Kier molecular flexibility index (Phi) is 3.70. The number of ether oxygens (including phenoxy) is 3. The van der Waals surface area contributed by atoms with Crippen LogP contribution >= 0.6 is 0 Å². The minimum absolute atomic E-state index is 0.213. The fraction of sp³-hybridized carbons (Fsp3) is 0.438. The summed E-state index contributed by atoms with van der Waals surface area (Å²) in [5, 5.41) is 9.86. The molecule has 2 aliphatic rings. The van der Waals surface area contributed by atoms with Gasteiger partial charge in [0.25, 0.3) is 0 Å². The van der Waals surface area contributed by atoms with Crippen molar-refractivity contribution in [2.24, 2.45) is 0 Å². The Labute approximate surface area is 124 Å². The van der Waals surface area contributed by atoms with E-state index in [4.69, 9.17) is 20.6 Å². The highest BCUT2D eigenvalue weighted by Gasteiger charge is 2.40. The molecule has 0 radical (unpaired) electrons. The van der Waals surface area contributed by atoms with Crippen molar-refractivity contribution < 1.29 is 14.2 Å². The van der Waals surface area contributed by atoms with Crippen molar-refractivity contribution in [2.75, 3.05) is 33.1 Å². The summed E-state index contributed by atoms with van der Waals surface area (Å²) in [6.45, 7) is 2.80. The molecule has 1 unspecified atom stereocenters. The molecule has 108 valence electrons. The zero-order valence-corrected chi connectivity index (χ0v) is 11.7. The summed E-state index contributed by atoms with van der Waals surface area (Å²) in [6.07, 6.45) is 5.85. The van der Waals surface area contributed by atoms with Crippen LogP contribution in [0.4, 0.5) is 0 Å². The molecular formula is C16H16N2O3. The molecule has 5 heteroatoms. The average molecular weight is 284 g/mol. The SMILES string of the molecule is C#CCC(C#N)(c1ccc2c(c1)OCO2)N1CCOCC1. The summed E-state index contributed by atoms with van der Waals surface area (Å²) in [6, 6.07) is 8.01. The van der Waals surface area contributed by atoms with Gasteiger partial charge < -0.3 is 14.2 Å². The molecule has 2 heterocycles. The molecule has 1 aromatic carbocycles. The van der Waals surface area contributed by atoms with Crippen molar-refractivity contribution in [3.63, 3.8) is 0 Å². The topological polar surface area (TPSA) is 54.7 Å². The number of fused-ring (bicyclic) bond motifs is 1. The number of benzene rings is 1. The van der Waals surface area contributed by atoms with Gasteiger partial charge in [-0.25, -0.2) is 0 Å². The maximum atomic E-state index is 9.86. The van der Waals surface area contributed by atoms with Crippen LogP contribution in [0.25, 0.3) is 0 Å². The van der Waals surface area contributed by atoms with E-state index in [-0.39, 0.29) is 6.79 Å². The Morgan fingerprint density at radius 3 is 2.71 bits per heavy atom. The highest BCUT2D eigenvalue weighted by Crippen LogP contribution is 2.39. The van der Waals surface area contributed by atoms with Crippen LogP contribution in [0.1, 0.15) is 12.0 Å². The first-order valence-electron chi connectivity index (χ1n) is 6.88. The van der Waals surface area contributed by atoms with Gasteiger partial charge >= 0.3 is 0 Å². The Morgan fingerprint density at radius 1 is 1.24 bits per heavy atom. The minimum atomic E-state index is -0.848. The van der Waals surface area contributed by atoms with Crippen LogP contribution in [0.15, 0.2) is 18.2 Å². The second kappa shape index (κ2) is 5.65. The van der Waals surface area contributed by atoms with Crippen molar-refractivity contribution >= 4 is 0 Å². The van der Waals surface area contributed by atoms with Crippen LogP contribution in [-0.2, 0) is 10.3 Å². The summed E-state index contributed by atoms with van der Waals surface area (Å²) >= 11 is 0. The number of hydrogen-bond donors (Lipinski definition) is 0. The number of rotatable bonds is 3. The molecule has 21 heavy (non-hydrogen) atoms. The quantitative estimate of drug-likeness (QED) is 0.787. The molecule has 1 atom stereocenters. The van der Waals surface area contributed by atoms with E-state index in [0.717, 1.165) is 5.56 Å². The molecule has 0 saturated carbocycles. The molecule has 0 aromatic heterocycles. The fourth-order valence-corrected chi connectivity index (χ4v) is 2.82. The van der Waals surface area contributed by atoms with Gasteiger partial charge in [-0.1, -0.05) is 6.07 Å². The van der Waals surface area contributed by atoms with E-state index in [0.29, 0.717) is 44.2 Å². The molecule has 1 saturated heterocycles. The first-order valence-corrected chi connectivity index (χ1v) is 6.88. The lowest BCUT2D eigenvalue weighted by molar-refractivity contribution is -0.00374. The molecular weight excluding hydrogens is 268 g/mol. The van der Waals surface area contributed by atoms with Gasteiger partial charge in [0.15, 0.2) is 11.5 Å². The normalized spacial score (nSPS) is 20.3. The summed E-state index contributed by atoms with van der Waals surface area (Å²) in [5.74, 6) is 4.01. The zero-order valence-electron chi connectivity index (χ0n) is 11.7. The van der Waals surface area contributed by atoms with Crippen LogP contribution in [0.5, 0.6) is 11.5 Å². The lowest BCUT2D eigenvalue weighted by atomic mass is 9.85. The van der Waals surface area contributed by atoms with Gasteiger partial charge in [-0.2, -0.15) is 5.26 Å². The maximum Gasteiger partial charge on any atom is 0.231 e. The van der Waals surface area contributed by atoms with Gasteiger partial charge in [0.2, 0.25) is 6.79 Å². The summed E-state index contributed by atoms with van der Waals surface area (Å²) in [4.78, 5) is 2.09. The molecule has 0 N–H and O–H groups in total. The highest BCUT2D eigenvalue weighted by molar-refractivity contribution is 5.48. The van der Waals surface area contributed by atoms with Gasteiger partial charge in [0.1, 0.15) is 5.54 Å². The largest absolute Gasteiger partial charge is 0.454 e. The smallest absolute Gasteiger partial charge is 0.231 e. The van der Waals surface area contributed by atoms with E-state index in [1.807, 2.05) is 18.2 Å². The monoisotopic (exact) mass is 284 g/mol. The van der Waals surface area contributed by atoms with Gasteiger partial charge in [-0.15, -0.1) is 12.3 Å². The van der Waals surface area contributed by atoms with Gasteiger partial charge in [0.05, 0.1) is 19.3 Å². The standard InChI is InChI=1S/C16H16N2O3/c1-2-5-16(11-17,18-6-8-19-9-7-18)13-3-4-14-15(10-13)21-12-20-14/h1,3-4,10H,5-9,12H2. The molecule has 5 nitrogen and oxygen atoms in total. The fourth-order valence-electron chi connectivity index (χ4n) is 2.82. The van der Waals surface area contributed by atoms with Crippen molar-refractivity contribution in [2.45, 2.75) is 12.0 Å². The third-order valence-corrected chi connectivity index (χ3v) is 3.94. The van der Waals surface area contributed by atoms with Crippen LogP contribution in [0, 0.1) is 23.7 Å². The number of nitrogens with zero attached hydrogens (tertiary/aromatic N) is 2. The predicted molar refractivity (Wildman–Crippen MR) is 75.7 cm³/mol. The number of nitriles is 1. The van der Waals surface area contributed by atoms with Crippen LogP contribution in [0.2, 0.25) is 0 Å². The zero-order chi connectivity index (χ0) is 14.7. The lowest BCUT2D eigenvalue weighted by Gasteiger charge is -2.40. The van der Waals surface area contributed by atoms with Crippen LogP contribution in [-0.4, -0.2) is 38.0 Å². The van der Waals surface area contributed by atoms with Crippen LogP contribution < -0.4 is 9.47 Å². The van der Waals surface area contributed by atoms with Crippen molar-refractivity contribution in [3.05, 3.63) is 23.8 Å². The van der Waals surface area contributed by atoms with Gasteiger partial charge in [0, 0.05) is 19.5 Å². The van der Waals surface area contributed by atoms with E-state index >= 15 is 0 Å². The van der Waals surface area contributed by atoms with Crippen molar-refractivity contribution in [3.8, 4) is 29.9 Å². The highest BCUT2D eigenvalue weighted by atomic mass is 16.7. The molecule has 0 aliphatic carbocycles. The number of morpholine rings is 1. The Hall–Kier alpha value is -2.21. The third-order valence-electron chi connectivity index (χ3n) is 3.94. The second-order valence-electron chi connectivity index (χ2n) is 5.02. The van der Waals surface area contributed by atoms with E-state index in [2.05, 4.69) is 16.9 Å². The van der Waals surface area contributed by atoms with Crippen LogP contribution in [0.3, 0.4) is 0 Å². The number of hydrogen-bond acceptors (Lipinski definition) is 5.